The van der Waals surface area contributed by atoms with E-state index in [2.05, 4.69) is 11.9 Å². The first kappa shape index (κ1) is 11.3. The molecule has 1 rings (SSSR count). The molecule has 1 aromatic rings. The Morgan fingerprint density at radius 2 is 2.29 bits per heavy atom. The van der Waals surface area contributed by atoms with Gasteiger partial charge in [-0.25, -0.2) is 0 Å². The van der Waals surface area contributed by atoms with Gasteiger partial charge in [0.05, 0.1) is 5.69 Å². The first-order valence-electron chi connectivity index (χ1n) is 5.10. The van der Waals surface area contributed by atoms with Crippen LogP contribution in [0.3, 0.4) is 0 Å². The van der Waals surface area contributed by atoms with Gasteiger partial charge in [-0.05, 0) is 31.1 Å². The molecule has 0 aliphatic heterocycles. The third kappa shape index (κ3) is 4.43. The average Bonchev–Trinajstić information content (AvgIpc) is 2.20. The van der Waals surface area contributed by atoms with E-state index < -0.39 is 0 Å². The molecule has 0 amide bonds. The highest BCUT2D eigenvalue weighted by molar-refractivity contribution is 6.31. The second-order valence-electron chi connectivity index (χ2n) is 3.30. The first-order chi connectivity index (χ1) is 6.83. The lowest BCUT2D eigenvalue weighted by molar-refractivity contribution is 0.726. The number of halogens is 1. The number of aromatic nitrogens is 1. The van der Waals surface area contributed by atoms with Gasteiger partial charge in [0.2, 0.25) is 0 Å². The second-order valence-corrected chi connectivity index (χ2v) is 3.79. The van der Waals surface area contributed by atoms with Crippen molar-refractivity contribution in [1.82, 2.24) is 4.98 Å². The summed E-state index contributed by atoms with van der Waals surface area (Å²) in [6.07, 6.45) is 8.32. The lowest BCUT2D eigenvalue weighted by Crippen LogP contribution is -1.80. The van der Waals surface area contributed by atoms with E-state index in [1.54, 1.807) is 6.20 Å². The number of nitrogens with zero attached hydrogens (tertiary/aromatic N) is 1. The van der Waals surface area contributed by atoms with Crippen LogP contribution >= 0.6 is 11.6 Å². The number of pyridine rings is 1. The third-order valence-corrected chi connectivity index (χ3v) is 2.31. The maximum atomic E-state index is 6.07. The van der Waals surface area contributed by atoms with E-state index in [0.717, 1.165) is 17.1 Å². The van der Waals surface area contributed by atoms with Gasteiger partial charge in [-0.3, -0.25) is 4.98 Å². The maximum absolute atomic E-state index is 6.07. The molecule has 0 N–H and O–H groups in total. The number of unbranched alkanes of at least 4 members (excludes halogenated alkanes) is 2. The molecule has 2 heteroatoms. The molecule has 0 aliphatic rings. The highest BCUT2D eigenvalue weighted by Gasteiger charge is 1.94. The Kier molecular flexibility index (Phi) is 5.31. The lowest BCUT2D eigenvalue weighted by Gasteiger charge is -1.98. The summed E-state index contributed by atoms with van der Waals surface area (Å²) in [6.45, 7) is 2.19. The summed E-state index contributed by atoms with van der Waals surface area (Å²) in [4.78, 5) is 4.19. The molecule has 0 fully saturated rings. The summed E-state index contributed by atoms with van der Waals surface area (Å²) in [5.41, 5.74) is 0.939. The summed E-state index contributed by atoms with van der Waals surface area (Å²) in [5, 5.41) is 0.900. The van der Waals surface area contributed by atoms with Crippen molar-refractivity contribution in [3.8, 4) is 0 Å². The summed E-state index contributed by atoms with van der Waals surface area (Å²) >= 11 is 6.07. The van der Waals surface area contributed by atoms with E-state index >= 15 is 0 Å². The molecule has 0 atom stereocenters. The van der Waals surface area contributed by atoms with Crippen molar-refractivity contribution < 1.29 is 0 Å². The monoisotopic (exact) mass is 209 g/mol. The van der Waals surface area contributed by atoms with Crippen LogP contribution in [0, 0.1) is 0 Å². The average molecular weight is 210 g/mol. The molecule has 0 aromatic carbocycles. The van der Waals surface area contributed by atoms with Gasteiger partial charge in [0.1, 0.15) is 0 Å². The smallest absolute Gasteiger partial charge is 0.0641 e. The predicted octanol–water partition coefficient (Wildman–Crippen LogP) is 4.24. The zero-order valence-electron chi connectivity index (χ0n) is 8.54. The third-order valence-electron chi connectivity index (χ3n) is 2.01. The van der Waals surface area contributed by atoms with Crippen molar-refractivity contribution in [3.05, 3.63) is 35.1 Å². The molecular formula is C12H16ClN. The van der Waals surface area contributed by atoms with Crippen LogP contribution in [-0.2, 0) is 0 Å². The summed E-state index contributed by atoms with van der Waals surface area (Å²) in [6, 6.07) is 5.83. The Labute approximate surface area is 90.8 Å². The lowest BCUT2D eigenvalue weighted by atomic mass is 10.2. The SMILES string of the molecule is CCCCC/C(Cl)=C/c1ccccn1. The van der Waals surface area contributed by atoms with Gasteiger partial charge < -0.3 is 0 Å². The summed E-state index contributed by atoms with van der Waals surface area (Å²) in [5.74, 6) is 0. The fraction of sp³-hybridized carbons (Fsp3) is 0.417. The van der Waals surface area contributed by atoms with Gasteiger partial charge in [0, 0.05) is 11.2 Å². The number of allylic oxidation sites excluding steroid dienone is 1. The molecule has 1 nitrogen and oxygen atoms in total. The van der Waals surface area contributed by atoms with E-state index in [1.165, 1.54) is 19.3 Å². The van der Waals surface area contributed by atoms with Crippen LogP contribution < -0.4 is 0 Å². The molecule has 0 spiro atoms. The van der Waals surface area contributed by atoms with Crippen LogP contribution in [0.2, 0.25) is 0 Å². The zero-order valence-corrected chi connectivity index (χ0v) is 9.30. The Morgan fingerprint density at radius 1 is 1.43 bits per heavy atom. The molecule has 76 valence electrons. The van der Waals surface area contributed by atoms with Gasteiger partial charge in [0.15, 0.2) is 0 Å². The number of hydrogen-bond donors (Lipinski definition) is 0. The van der Waals surface area contributed by atoms with Gasteiger partial charge in [-0.1, -0.05) is 37.4 Å². The fourth-order valence-electron chi connectivity index (χ4n) is 1.24. The molecular weight excluding hydrogens is 194 g/mol. The van der Waals surface area contributed by atoms with Gasteiger partial charge >= 0.3 is 0 Å². The minimum atomic E-state index is 0.900. The predicted molar refractivity (Wildman–Crippen MR) is 62.2 cm³/mol. The van der Waals surface area contributed by atoms with Crippen molar-refractivity contribution in [2.45, 2.75) is 32.6 Å². The van der Waals surface area contributed by atoms with Crippen molar-refractivity contribution in [2.75, 3.05) is 0 Å². The Hall–Kier alpha value is -0.820. The summed E-state index contributed by atoms with van der Waals surface area (Å²) < 4.78 is 0. The van der Waals surface area contributed by atoms with E-state index in [4.69, 9.17) is 11.6 Å². The standard InChI is InChI=1S/C12H16ClN/c1-2-3-4-7-11(13)10-12-8-5-6-9-14-12/h5-6,8-10H,2-4,7H2,1H3/b11-10-. The molecule has 0 saturated heterocycles. The maximum Gasteiger partial charge on any atom is 0.0641 e. The largest absolute Gasteiger partial charge is 0.257 e. The van der Waals surface area contributed by atoms with Crippen molar-refractivity contribution in [1.29, 1.82) is 0 Å². The van der Waals surface area contributed by atoms with Crippen molar-refractivity contribution in [2.24, 2.45) is 0 Å². The topological polar surface area (TPSA) is 12.9 Å². The van der Waals surface area contributed by atoms with E-state index in [9.17, 15) is 0 Å². The second kappa shape index (κ2) is 6.61. The normalized spacial score (nSPS) is 11.7. The van der Waals surface area contributed by atoms with E-state index in [-0.39, 0.29) is 0 Å². The van der Waals surface area contributed by atoms with Crippen LogP contribution in [-0.4, -0.2) is 4.98 Å². The summed E-state index contributed by atoms with van der Waals surface area (Å²) in [7, 11) is 0. The Balaban J connectivity index is 2.43. The molecule has 14 heavy (non-hydrogen) atoms. The highest BCUT2D eigenvalue weighted by Crippen LogP contribution is 2.15. The molecule has 0 saturated carbocycles. The number of hydrogen-bond acceptors (Lipinski definition) is 1. The Morgan fingerprint density at radius 3 is 2.93 bits per heavy atom. The first-order valence-corrected chi connectivity index (χ1v) is 5.48. The Bertz CT molecular complexity index is 280. The van der Waals surface area contributed by atoms with Crippen LogP contribution in [0.1, 0.15) is 38.3 Å². The van der Waals surface area contributed by atoms with Crippen LogP contribution in [0.15, 0.2) is 29.4 Å². The molecule has 0 unspecified atom stereocenters. The van der Waals surface area contributed by atoms with Gasteiger partial charge in [-0.2, -0.15) is 0 Å². The quantitative estimate of drug-likeness (QED) is 0.661. The van der Waals surface area contributed by atoms with Crippen molar-refractivity contribution >= 4 is 17.7 Å². The van der Waals surface area contributed by atoms with Crippen LogP contribution in [0.4, 0.5) is 0 Å². The zero-order chi connectivity index (χ0) is 10.2. The highest BCUT2D eigenvalue weighted by atomic mass is 35.5. The molecule has 1 heterocycles. The fourth-order valence-corrected chi connectivity index (χ4v) is 1.48. The van der Waals surface area contributed by atoms with Crippen LogP contribution in [0.5, 0.6) is 0 Å². The van der Waals surface area contributed by atoms with Crippen molar-refractivity contribution in [3.63, 3.8) is 0 Å². The van der Waals surface area contributed by atoms with Gasteiger partial charge in [0.25, 0.3) is 0 Å². The van der Waals surface area contributed by atoms with Gasteiger partial charge in [-0.15, -0.1) is 0 Å². The molecule has 0 aliphatic carbocycles. The molecule has 1 aromatic heterocycles. The minimum Gasteiger partial charge on any atom is -0.257 e. The number of rotatable bonds is 5. The van der Waals surface area contributed by atoms with Crippen LogP contribution in [0.25, 0.3) is 6.08 Å². The van der Waals surface area contributed by atoms with E-state index in [1.807, 2.05) is 24.3 Å². The molecule has 0 bridgehead atoms. The molecule has 0 radical (unpaired) electrons. The minimum absolute atomic E-state index is 0.900. The van der Waals surface area contributed by atoms with E-state index in [0.29, 0.717) is 0 Å².